The molecule has 1 aliphatic rings. The van der Waals surface area contributed by atoms with Gasteiger partial charge in [-0.25, -0.2) is 0 Å². The second-order valence-corrected chi connectivity index (χ2v) is 6.19. The number of phenols is 1. The number of hydrogen-bond donors (Lipinski definition) is 2. The lowest BCUT2D eigenvalue weighted by Crippen LogP contribution is -2.28. The third kappa shape index (κ3) is 3.18. The number of ether oxygens (including phenoxy) is 2. The Kier molecular flexibility index (Phi) is 4.67. The third-order valence-corrected chi connectivity index (χ3v) is 4.54. The van der Waals surface area contributed by atoms with Crippen LogP contribution >= 0.6 is 11.8 Å². The number of thioether (sulfide) groups is 1. The summed E-state index contributed by atoms with van der Waals surface area (Å²) in [5, 5.41) is 17.9. The molecule has 2 aromatic rings. The van der Waals surface area contributed by atoms with Crippen LogP contribution in [-0.4, -0.2) is 30.4 Å². The van der Waals surface area contributed by atoms with Crippen LogP contribution in [0, 0.1) is 5.41 Å². The van der Waals surface area contributed by atoms with Crippen LogP contribution in [0.3, 0.4) is 0 Å². The van der Waals surface area contributed by atoms with Gasteiger partial charge in [-0.3, -0.25) is 15.1 Å². The van der Waals surface area contributed by atoms with Crippen molar-refractivity contribution in [3.05, 3.63) is 52.9 Å². The number of aromatic hydroxyl groups is 1. The molecular weight excluding hydrogens is 340 g/mol. The number of hydrogen-bond acceptors (Lipinski definition) is 6. The number of amides is 1. The Bertz CT molecular complexity index is 879. The van der Waals surface area contributed by atoms with E-state index in [1.54, 1.807) is 42.5 Å². The molecule has 0 unspecified atom stereocenters. The van der Waals surface area contributed by atoms with Gasteiger partial charge in [0.05, 0.1) is 24.8 Å². The molecule has 1 amide bonds. The quantitative estimate of drug-likeness (QED) is 0.820. The summed E-state index contributed by atoms with van der Waals surface area (Å²) in [7, 11) is 2.98. The molecule has 25 heavy (non-hydrogen) atoms. The molecule has 0 bridgehead atoms. The van der Waals surface area contributed by atoms with E-state index in [0.29, 0.717) is 27.7 Å². The number of anilines is 1. The van der Waals surface area contributed by atoms with Gasteiger partial charge in [-0.05, 0) is 47.7 Å². The van der Waals surface area contributed by atoms with Crippen molar-refractivity contribution in [3.63, 3.8) is 0 Å². The van der Waals surface area contributed by atoms with Crippen LogP contribution in [0.4, 0.5) is 5.69 Å². The molecule has 2 N–H and O–H groups in total. The van der Waals surface area contributed by atoms with E-state index in [4.69, 9.17) is 14.9 Å². The summed E-state index contributed by atoms with van der Waals surface area (Å²) < 4.78 is 10.4. The van der Waals surface area contributed by atoms with E-state index in [1.807, 2.05) is 0 Å². The number of carbonyl (C=O) groups is 1. The smallest absolute Gasteiger partial charge is 0.271 e. The largest absolute Gasteiger partial charge is 0.504 e. The van der Waals surface area contributed by atoms with Gasteiger partial charge < -0.3 is 14.6 Å². The van der Waals surface area contributed by atoms with Crippen LogP contribution in [0.25, 0.3) is 6.08 Å². The summed E-state index contributed by atoms with van der Waals surface area (Å²) in [5.41, 5.74) is 1.22. The summed E-state index contributed by atoms with van der Waals surface area (Å²) in [6, 6.07) is 11.9. The molecule has 0 radical (unpaired) electrons. The number of phenolic OH excluding ortho intramolecular Hbond substituents is 1. The minimum absolute atomic E-state index is 0.0263. The lowest BCUT2D eigenvalue weighted by molar-refractivity contribution is -0.113. The minimum atomic E-state index is -0.299. The van der Waals surface area contributed by atoms with Gasteiger partial charge in [0, 0.05) is 0 Å². The van der Waals surface area contributed by atoms with Gasteiger partial charge >= 0.3 is 0 Å². The first-order valence-electron chi connectivity index (χ1n) is 7.37. The van der Waals surface area contributed by atoms with Crippen LogP contribution < -0.4 is 14.4 Å². The molecule has 1 fully saturated rings. The number of amidine groups is 1. The van der Waals surface area contributed by atoms with Crippen LogP contribution in [-0.2, 0) is 4.79 Å². The summed E-state index contributed by atoms with van der Waals surface area (Å²) in [4.78, 5) is 14.5. The zero-order valence-corrected chi connectivity index (χ0v) is 14.5. The standard InChI is InChI=1S/C18H16N2O4S/c1-23-14-6-4-3-5-12(14)20-17(22)16(25-18(20)19)10-11-7-8-13(21)15(9-11)24-2/h3-10,19,21H,1-2H3. The number of carbonyl (C=O) groups excluding carboxylic acids is 1. The first-order chi connectivity index (χ1) is 12.0. The van der Waals surface area contributed by atoms with E-state index in [0.717, 1.165) is 11.8 Å². The highest BCUT2D eigenvalue weighted by atomic mass is 32.2. The van der Waals surface area contributed by atoms with E-state index in [-0.39, 0.29) is 16.8 Å². The van der Waals surface area contributed by atoms with Gasteiger partial charge in [0.2, 0.25) is 0 Å². The Morgan fingerprint density at radius 2 is 1.84 bits per heavy atom. The van der Waals surface area contributed by atoms with Gasteiger partial charge in [0.15, 0.2) is 16.7 Å². The Balaban J connectivity index is 1.96. The molecule has 0 aromatic heterocycles. The fourth-order valence-electron chi connectivity index (χ4n) is 2.46. The highest BCUT2D eigenvalue weighted by molar-refractivity contribution is 8.19. The molecular formula is C18H16N2O4S. The normalized spacial score (nSPS) is 15.8. The lowest BCUT2D eigenvalue weighted by atomic mass is 10.2. The van der Waals surface area contributed by atoms with Gasteiger partial charge in [0.1, 0.15) is 5.75 Å². The van der Waals surface area contributed by atoms with Crippen LogP contribution in [0.15, 0.2) is 47.4 Å². The third-order valence-electron chi connectivity index (χ3n) is 3.65. The van der Waals surface area contributed by atoms with Crippen molar-refractivity contribution in [2.45, 2.75) is 0 Å². The molecule has 0 aliphatic carbocycles. The molecule has 2 aromatic carbocycles. The van der Waals surface area contributed by atoms with Crippen LogP contribution in [0.2, 0.25) is 0 Å². The summed E-state index contributed by atoms with van der Waals surface area (Å²) in [6.07, 6.45) is 1.67. The molecule has 3 rings (SSSR count). The number of benzene rings is 2. The maximum absolute atomic E-state index is 12.8. The van der Waals surface area contributed by atoms with E-state index >= 15 is 0 Å². The molecule has 7 heteroatoms. The number of nitrogens with one attached hydrogen (secondary N) is 1. The van der Waals surface area contributed by atoms with E-state index in [2.05, 4.69) is 0 Å². The van der Waals surface area contributed by atoms with Gasteiger partial charge in [-0.1, -0.05) is 18.2 Å². The van der Waals surface area contributed by atoms with Gasteiger partial charge in [0.25, 0.3) is 5.91 Å². The second-order valence-electron chi connectivity index (χ2n) is 5.16. The van der Waals surface area contributed by atoms with Crippen molar-refractivity contribution in [2.24, 2.45) is 0 Å². The fourth-order valence-corrected chi connectivity index (χ4v) is 3.31. The topological polar surface area (TPSA) is 82.8 Å². The van der Waals surface area contributed by atoms with Gasteiger partial charge in [-0.15, -0.1) is 0 Å². The molecule has 6 nitrogen and oxygen atoms in total. The first-order valence-corrected chi connectivity index (χ1v) is 8.19. The van der Waals surface area contributed by atoms with Crippen molar-refractivity contribution < 1.29 is 19.4 Å². The molecule has 1 aliphatic heterocycles. The predicted octanol–water partition coefficient (Wildman–Crippen LogP) is 3.47. The van der Waals surface area contributed by atoms with Crippen LogP contribution in [0.5, 0.6) is 17.2 Å². The average molecular weight is 356 g/mol. The van der Waals surface area contributed by atoms with E-state index < -0.39 is 0 Å². The van der Waals surface area contributed by atoms with Crippen molar-refractivity contribution >= 4 is 34.6 Å². The first kappa shape index (κ1) is 16.9. The number of rotatable bonds is 4. The Labute approximate surface area is 149 Å². The number of methoxy groups -OCH3 is 2. The van der Waals surface area contributed by atoms with Gasteiger partial charge in [-0.2, -0.15) is 0 Å². The average Bonchev–Trinajstić information content (AvgIpc) is 2.90. The molecule has 1 heterocycles. The summed E-state index contributed by atoms with van der Waals surface area (Å²) in [5.74, 6) is 0.570. The SMILES string of the molecule is COc1cc(C=C2SC(=N)N(c3ccccc3OC)C2=O)ccc1O. The van der Waals surface area contributed by atoms with Crippen molar-refractivity contribution in [1.82, 2.24) is 0 Å². The fraction of sp³-hybridized carbons (Fsp3) is 0.111. The number of para-hydroxylation sites is 2. The van der Waals surface area contributed by atoms with Crippen molar-refractivity contribution in [2.75, 3.05) is 19.1 Å². The minimum Gasteiger partial charge on any atom is -0.504 e. The summed E-state index contributed by atoms with van der Waals surface area (Å²) in [6.45, 7) is 0. The Hall–Kier alpha value is -2.93. The highest BCUT2D eigenvalue weighted by Crippen LogP contribution is 2.39. The maximum Gasteiger partial charge on any atom is 0.271 e. The number of nitrogens with zero attached hydrogens (tertiary/aromatic N) is 1. The lowest BCUT2D eigenvalue weighted by Gasteiger charge is -2.17. The second kappa shape index (κ2) is 6.90. The highest BCUT2D eigenvalue weighted by Gasteiger charge is 2.35. The zero-order valence-electron chi connectivity index (χ0n) is 13.6. The summed E-state index contributed by atoms with van der Waals surface area (Å²) >= 11 is 1.07. The van der Waals surface area contributed by atoms with E-state index in [1.165, 1.54) is 25.2 Å². The zero-order chi connectivity index (χ0) is 18.0. The van der Waals surface area contributed by atoms with E-state index in [9.17, 15) is 9.90 Å². The monoisotopic (exact) mass is 356 g/mol. The molecule has 0 spiro atoms. The van der Waals surface area contributed by atoms with Crippen LogP contribution in [0.1, 0.15) is 5.56 Å². The molecule has 128 valence electrons. The molecule has 0 saturated carbocycles. The molecule has 1 saturated heterocycles. The Morgan fingerprint density at radius 3 is 2.56 bits per heavy atom. The maximum atomic E-state index is 12.8. The van der Waals surface area contributed by atoms with Crippen molar-refractivity contribution in [1.29, 1.82) is 5.41 Å². The predicted molar refractivity (Wildman–Crippen MR) is 98.4 cm³/mol. The molecule has 0 atom stereocenters. The Morgan fingerprint density at radius 1 is 1.12 bits per heavy atom. The van der Waals surface area contributed by atoms with Crippen molar-refractivity contribution in [3.8, 4) is 17.2 Å².